The fourth-order valence-electron chi connectivity index (χ4n) is 4.02. The molecule has 1 saturated carbocycles. The first-order chi connectivity index (χ1) is 9.78. The molecule has 0 spiro atoms. The molecule has 3 rings (SSSR count). The van der Waals surface area contributed by atoms with Gasteiger partial charge in [0, 0.05) is 28.3 Å². The Bertz CT molecular complexity index is 430. The fourth-order valence-corrected chi connectivity index (χ4v) is 5.00. The molecular weight excluding hydrogens is 266 g/mol. The lowest BCUT2D eigenvalue weighted by Crippen LogP contribution is -2.42. The van der Waals surface area contributed by atoms with Gasteiger partial charge < -0.3 is 5.11 Å². The second-order valence-electron chi connectivity index (χ2n) is 6.42. The normalized spacial score (nSPS) is 31.8. The molecule has 1 aromatic rings. The second-order valence-corrected chi connectivity index (χ2v) is 7.67. The first kappa shape index (κ1) is 14.6. The van der Waals surface area contributed by atoms with E-state index in [0.29, 0.717) is 12.0 Å². The number of likely N-dealkylation sites (tertiary alicyclic amines) is 1. The van der Waals surface area contributed by atoms with E-state index in [4.69, 9.17) is 0 Å². The first-order valence-corrected chi connectivity index (χ1v) is 9.09. The molecule has 1 aliphatic carbocycles. The molecule has 2 fully saturated rings. The molecule has 1 N–H and O–H groups in total. The third kappa shape index (κ3) is 3.10. The Morgan fingerprint density at radius 3 is 2.70 bits per heavy atom. The van der Waals surface area contributed by atoms with E-state index >= 15 is 0 Å². The van der Waals surface area contributed by atoms with Crippen LogP contribution in [0.2, 0.25) is 0 Å². The standard InChI is InChI=1S/C17H27NOS/c1-2-13-9-10-14(20-13)12-18-11-5-7-16(18)15-6-3-4-8-17(15)19/h9-10,15-17,19H,2-8,11-12H2,1H3. The Kier molecular flexibility index (Phi) is 4.79. The molecule has 2 heterocycles. The second kappa shape index (κ2) is 6.59. The van der Waals surface area contributed by atoms with Crippen LogP contribution in [0.4, 0.5) is 0 Å². The molecule has 0 bridgehead atoms. The Hall–Kier alpha value is -0.380. The zero-order valence-electron chi connectivity index (χ0n) is 12.6. The van der Waals surface area contributed by atoms with Crippen LogP contribution in [0.3, 0.4) is 0 Å². The van der Waals surface area contributed by atoms with E-state index in [0.717, 1.165) is 19.4 Å². The van der Waals surface area contributed by atoms with Gasteiger partial charge in [0.25, 0.3) is 0 Å². The average Bonchev–Trinajstić information content (AvgIpc) is 3.09. The molecule has 2 nitrogen and oxygen atoms in total. The quantitative estimate of drug-likeness (QED) is 0.912. The van der Waals surface area contributed by atoms with Gasteiger partial charge in [0.1, 0.15) is 0 Å². The zero-order chi connectivity index (χ0) is 13.9. The number of aryl methyl sites for hydroxylation is 1. The van der Waals surface area contributed by atoms with Crippen LogP contribution in [0.1, 0.15) is 55.2 Å². The molecule has 3 heteroatoms. The predicted octanol–water partition coefficient (Wildman–Crippen LogP) is 3.83. The highest BCUT2D eigenvalue weighted by Gasteiger charge is 2.36. The lowest BCUT2D eigenvalue weighted by molar-refractivity contribution is 0.0204. The Balaban J connectivity index is 1.65. The Morgan fingerprint density at radius 1 is 1.15 bits per heavy atom. The topological polar surface area (TPSA) is 23.5 Å². The van der Waals surface area contributed by atoms with Crippen molar-refractivity contribution >= 4 is 11.3 Å². The van der Waals surface area contributed by atoms with E-state index in [2.05, 4.69) is 24.0 Å². The van der Waals surface area contributed by atoms with Crippen molar-refractivity contribution in [3.8, 4) is 0 Å². The van der Waals surface area contributed by atoms with Gasteiger partial charge >= 0.3 is 0 Å². The molecule has 2 aliphatic rings. The van der Waals surface area contributed by atoms with Gasteiger partial charge in [-0.05, 0) is 50.8 Å². The van der Waals surface area contributed by atoms with Crippen molar-refractivity contribution in [2.24, 2.45) is 5.92 Å². The summed E-state index contributed by atoms with van der Waals surface area (Å²) in [5, 5.41) is 10.3. The van der Waals surface area contributed by atoms with Gasteiger partial charge in [0.05, 0.1) is 6.10 Å². The monoisotopic (exact) mass is 293 g/mol. The van der Waals surface area contributed by atoms with Crippen molar-refractivity contribution in [1.82, 2.24) is 4.90 Å². The van der Waals surface area contributed by atoms with Gasteiger partial charge in [-0.3, -0.25) is 4.90 Å². The number of nitrogens with zero attached hydrogens (tertiary/aromatic N) is 1. The summed E-state index contributed by atoms with van der Waals surface area (Å²) in [6.45, 7) is 4.54. The Labute approximate surface area is 126 Å². The third-order valence-corrected chi connectivity index (χ3v) is 6.33. The van der Waals surface area contributed by atoms with Gasteiger partial charge in [-0.15, -0.1) is 11.3 Å². The zero-order valence-corrected chi connectivity index (χ0v) is 13.4. The molecule has 112 valence electrons. The largest absolute Gasteiger partial charge is 0.393 e. The minimum Gasteiger partial charge on any atom is -0.393 e. The van der Waals surface area contributed by atoms with Crippen molar-refractivity contribution < 1.29 is 5.11 Å². The van der Waals surface area contributed by atoms with Crippen LogP contribution >= 0.6 is 11.3 Å². The van der Waals surface area contributed by atoms with Crippen molar-refractivity contribution in [2.45, 2.75) is 70.6 Å². The molecule has 0 radical (unpaired) electrons. The Morgan fingerprint density at radius 2 is 1.95 bits per heavy atom. The van der Waals surface area contributed by atoms with Gasteiger partial charge in [0.15, 0.2) is 0 Å². The lowest BCUT2D eigenvalue weighted by atomic mass is 9.80. The van der Waals surface area contributed by atoms with Gasteiger partial charge in [-0.1, -0.05) is 19.8 Å². The van der Waals surface area contributed by atoms with Crippen LogP contribution in [-0.2, 0) is 13.0 Å². The lowest BCUT2D eigenvalue weighted by Gasteiger charge is -2.37. The minimum absolute atomic E-state index is 0.0520. The van der Waals surface area contributed by atoms with Crippen molar-refractivity contribution in [2.75, 3.05) is 6.54 Å². The highest BCUT2D eigenvalue weighted by Crippen LogP contribution is 2.35. The number of rotatable bonds is 4. The van der Waals surface area contributed by atoms with Crippen molar-refractivity contribution in [3.05, 3.63) is 21.9 Å². The van der Waals surface area contributed by atoms with Crippen LogP contribution in [-0.4, -0.2) is 28.7 Å². The van der Waals surface area contributed by atoms with Crippen molar-refractivity contribution in [1.29, 1.82) is 0 Å². The van der Waals surface area contributed by atoms with E-state index in [1.807, 2.05) is 11.3 Å². The molecule has 0 amide bonds. The third-order valence-electron chi connectivity index (χ3n) is 5.11. The SMILES string of the molecule is CCc1ccc(CN2CCCC2C2CCCCC2O)s1. The van der Waals surface area contributed by atoms with Crippen LogP contribution < -0.4 is 0 Å². The molecule has 3 atom stereocenters. The van der Waals surface area contributed by atoms with Crippen LogP contribution in [0.5, 0.6) is 0 Å². The maximum Gasteiger partial charge on any atom is 0.0583 e. The average molecular weight is 293 g/mol. The summed E-state index contributed by atoms with van der Waals surface area (Å²) in [4.78, 5) is 5.64. The molecule has 1 aromatic heterocycles. The highest BCUT2D eigenvalue weighted by atomic mass is 32.1. The van der Waals surface area contributed by atoms with E-state index in [1.165, 1.54) is 48.4 Å². The van der Waals surface area contributed by atoms with E-state index < -0.39 is 0 Å². The van der Waals surface area contributed by atoms with Crippen LogP contribution in [0, 0.1) is 5.92 Å². The highest BCUT2D eigenvalue weighted by molar-refractivity contribution is 7.11. The van der Waals surface area contributed by atoms with Crippen LogP contribution in [0.25, 0.3) is 0 Å². The summed E-state index contributed by atoms with van der Waals surface area (Å²) in [5.74, 6) is 0.525. The number of hydrogen-bond donors (Lipinski definition) is 1. The summed E-state index contributed by atoms with van der Waals surface area (Å²) in [6.07, 6.45) is 8.47. The molecule has 20 heavy (non-hydrogen) atoms. The summed E-state index contributed by atoms with van der Waals surface area (Å²) < 4.78 is 0. The minimum atomic E-state index is -0.0520. The van der Waals surface area contributed by atoms with Crippen LogP contribution in [0.15, 0.2) is 12.1 Å². The van der Waals surface area contributed by atoms with E-state index in [-0.39, 0.29) is 6.10 Å². The van der Waals surface area contributed by atoms with E-state index in [1.54, 1.807) is 0 Å². The summed E-state index contributed by atoms with van der Waals surface area (Å²) >= 11 is 1.97. The van der Waals surface area contributed by atoms with Crippen molar-refractivity contribution in [3.63, 3.8) is 0 Å². The first-order valence-electron chi connectivity index (χ1n) is 8.27. The van der Waals surface area contributed by atoms with Gasteiger partial charge in [0.2, 0.25) is 0 Å². The number of hydrogen-bond acceptors (Lipinski definition) is 3. The number of thiophene rings is 1. The fraction of sp³-hybridized carbons (Fsp3) is 0.765. The number of aliphatic hydroxyl groups excluding tert-OH is 1. The molecule has 1 aliphatic heterocycles. The summed E-state index contributed by atoms with van der Waals surface area (Å²) in [7, 11) is 0. The van der Waals surface area contributed by atoms with Gasteiger partial charge in [-0.2, -0.15) is 0 Å². The summed E-state index contributed by atoms with van der Waals surface area (Å²) in [6, 6.07) is 5.20. The number of aliphatic hydroxyl groups is 1. The van der Waals surface area contributed by atoms with Gasteiger partial charge in [-0.25, -0.2) is 0 Å². The maximum absolute atomic E-state index is 10.3. The summed E-state index contributed by atoms with van der Waals surface area (Å²) in [5.41, 5.74) is 0. The maximum atomic E-state index is 10.3. The molecule has 1 saturated heterocycles. The van der Waals surface area contributed by atoms with E-state index in [9.17, 15) is 5.11 Å². The predicted molar refractivity (Wildman–Crippen MR) is 85.1 cm³/mol. The molecule has 3 unspecified atom stereocenters. The molecular formula is C17H27NOS. The molecule has 0 aromatic carbocycles. The smallest absolute Gasteiger partial charge is 0.0583 e.